The van der Waals surface area contributed by atoms with Crippen molar-refractivity contribution in [1.82, 2.24) is 0 Å². The molecule has 5 heteroatoms. The van der Waals surface area contributed by atoms with E-state index in [0.717, 1.165) is 23.3 Å². The van der Waals surface area contributed by atoms with Crippen molar-refractivity contribution in [2.24, 2.45) is 11.5 Å². The van der Waals surface area contributed by atoms with E-state index in [9.17, 15) is 13.2 Å². The van der Waals surface area contributed by atoms with E-state index < -0.39 is 23.8 Å². The standard InChI is InChI=1S/C16H17F3N2/c1-10-3-2-4-12(9-10)15(21)14(20)11-5-7-13(8-6-11)16(17,18)19/h2-9,14-15H,20-21H2,1H3. The fourth-order valence-corrected chi connectivity index (χ4v) is 2.19. The van der Waals surface area contributed by atoms with Gasteiger partial charge >= 0.3 is 6.18 Å². The Balaban J connectivity index is 2.21. The minimum absolute atomic E-state index is 0.471. The van der Waals surface area contributed by atoms with Crippen LogP contribution < -0.4 is 11.5 Å². The Morgan fingerprint density at radius 1 is 0.857 bits per heavy atom. The zero-order valence-electron chi connectivity index (χ0n) is 11.6. The molecule has 2 atom stereocenters. The van der Waals surface area contributed by atoms with Crippen molar-refractivity contribution in [3.63, 3.8) is 0 Å². The second kappa shape index (κ2) is 5.87. The van der Waals surface area contributed by atoms with Crippen molar-refractivity contribution in [3.8, 4) is 0 Å². The van der Waals surface area contributed by atoms with Gasteiger partial charge in [-0.05, 0) is 30.2 Å². The summed E-state index contributed by atoms with van der Waals surface area (Å²) in [6.45, 7) is 1.94. The molecule has 0 saturated carbocycles. The van der Waals surface area contributed by atoms with Crippen LogP contribution in [0.25, 0.3) is 0 Å². The first-order chi connectivity index (χ1) is 9.79. The van der Waals surface area contributed by atoms with Gasteiger partial charge < -0.3 is 11.5 Å². The first kappa shape index (κ1) is 15.5. The highest BCUT2D eigenvalue weighted by Gasteiger charge is 2.30. The maximum absolute atomic E-state index is 12.5. The van der Waals surface area contributed by atoms with Crippen LogP contribution in [0, 0.1) is 6.92 Å². The number of alkyl halides is 3. The smallest absolute Gasteiger partial charge is 0.322 e. The third-order valence-corrected chi connectivity index (χ3v) is 3.44. The van der Waals surface area contributed by atoms with Crippen molar-refractivity contribution >= 4 is 0 Å². The molecule has 2 aromatic rings. The minimum Gasteiger partial charge on any atom is -0.322 e. The highest BCUT2D eigenvalue weighted by atomic mass is 19.4. The molecule has 0 heterocycles. The maximum Gasteiger partial charge on any atom is 0.416 e. The molecule has 0 aliphatic carbocycles. The van der Waals surface area contributed by atoms with Crippen LogP contribution in [0.15, 0.2) is 48.5 Å². The summed E-state index contributed by atoms with van der Waals surface area (Å²) in [7, 11) is 0. The lowest BCUT2D eigenvalue weighted by molar-refractivity contribution is -0.137. The van der Waals surface area contributed by atoms with E-state index in [1.165, 1.54) is 12.1 Å². The molecule has 0 bridgehead atoms. The van der Waals surface area contributed by atoms with Crippen LogP contribution in [-0.2, 0) is 6.18 Å². The summed E-state index contributed by atoms with van der Waals surface area (Å²) in [5, 5.41) is 0. The molecule has 0 amide bonds. The Morgan fingerprint density at radius 2 is 1.43 bits per heavy atom. The van der Waals surface area contributed by atoms with Crippen LogP contribution >= 0.6 is 0 Å². The molecule has 0 aliphatic heterocycles. The third kappa shape index (κ3) is 3.62. The van der Waals surface area contributed by atoms with Gasteiger partial charge in [-0.3, -0.25) is 0 Å². The fourth-order valence-electron chi connectivity index (χ4n) is 2.19. The normalized spacial score (nSPS) is 14.8. The highest BCUT2D eigenvalue weighted by molar-refractivity contribution is 5.31. The van der Waals surface area contributed by atoms with E-state index >= 15 is 0 Å². The summed E-state index contributed by atoms with van der Waals surface area (Å²) in [5.74, 6) is 0. The Kier molecular flexibility index (Phi) is 4.34. The fraction of sp³-hybridized carbons (Fsp3) is 0.250. The number of aryl methyl sites for hydroxylation is 1. The molecular formula is C16H17F3N2. The molecule has 0 aromatic heterocycles. The van der Waals surface area contributed by atoms with Gasteiger partial charge in [0.15, 0.2) is 0 Å². The van der Waals surface area contributed by atoms with Crippen LogP contribution in [-0.4, -0.2) is 0 Å². The lowest BCUT2D eigenvalue weighted by Gasteiger charge is -2.21. The van der Waals surface area contributed by atoms with Crippen LogP contribution in [0.5, 0.6) is 0 Å². The van der Waals surface area contributed by atoms with E-state index in [0.29, 0.717) is 5.56 Å². The van der Waals surface area contributed by atoms with E-state index in [1.807, 2.05) is 31.2 Å². The van der Waals surface area contributed by atoms with Gasteiger partial charge in [0.1, 0.15) is 0 Å². The van der Waals surface area contributed by atoms with E-state index in [4.69, 9.17) is 11.5 Å². The first-order valence-corrected chi connectivity index (χ1v) is 6.54. The molecule has 21 heavy (non-hydrogen) atoms. The second-order valence-corrected chi connectivity index (χ2v) is 5.09. The lowest BCUT2D eigenvalue weighted by Crippen LogP contribution is -2.26. The van der Waals surface area contributed by atoms with Crippen LogP contribution in [0.1, 0.15) is 34.3 Å². The quantitative estimate of drug-likeness (QED) is 0.906. The van der Waals surface area contributed by atoms with E-state index in [1.54, 1.807) is 0 Å². The van der Waals surface area contributed by atoms with Gasteiger partial charge in [0.2, 0.25) is 0 Å². The van der Waals surface area contributed by atoms with E-state index in [-0.39, 0.29) is 0 Å². The van der Waals surface area contributed by atoms with Crippen molar-refractivity contribution in [2.45, 2.75) is 25.2 Å². The molecule has 0 aliphatic rings. The predicted molar refractivity (Wildman–Crippen MR) is 76.5 cm³/mol. The topological polar surface area (TPSA) is 52.0 Å². The van der Waals surface area contributed by atoms with Crippen molar-refractivity contribution in [2.75, 3.05) is 0 Å². The molecule has 112 valence electrons. The maximum atomic E-state index is 12.5. The summed E-state index contributed by atoms with van der Waals surface area (Å²) in [4.78, 5) is 0. The molecule has 2 aromatic carbocycles. The average Bonchev–Trinajstić information content (AvgIpc) is 2.45. The average molecular weight is 294 g/mol. The molecule has 0 spiro atoms. The monoisotopic (exact) mass is 294 g/mol. The SMILES string of the molecule is Cc1cccc(C(N)C(N)c2ccc(C(F)(F)F)cc2)c1. The minimum atomic E-state index is -4.35. The Hall–Kier alpha value is -1.85. The van der Waals surface area contributed by atoms with Crippen molar-refractivity contribution in [3.05, 3.63) is 70.8 Å². The van der Waals surface area contributed by atoms with Crippen LogP contribution in [0.2, 0.25) is 0 Å². The zero-order valence-corrected chi connectivity index (χ0v) is 11.6. The van der Waals surface area contributed by atoms with Crippen molar-refractivity contribution in [1.29, 1.82) is 0 Å². The predicted octanol–water partition coefficient (Wildman–Crippen LogP) is 3.71. The number of halogens is 3. The Morgan fingerprint density at radius 3 is 1.95 bits per heavy atom. The Bertz CT molecular complexity index is 606. The van der Waals surface area contributed by atoms with Gasteiger partial charge in [0.05, 0.1) is 5.56 Å². The summed E-state index contributed by atoms with van der Waals surface area (Å²) < 4.78 is 37.6. The lowest BCUT2D eigenvalue weighted by atomic mass is 9.93. The first-order valence-electron chi connectivity index (χ1n) is 6.54. The largest absolute Gasteiger partial charge is 0.416 e. The highest BCUT2D eigenvalue weighted by Crippen LogP contribution is 2.31. The van der Waals surface area contributed by atoms with Gasteiger partial charge in [-0.2, -0.15) is 13.2 Å². The zero-order chi connectivity index (χ0) is 15.6. The molecule has 2 unspecified atom stereocenters. The molecular weight excluding hydrogens is 277 g/mol. The number of hydrogen-bond acceptors (Lipinski definition) is 2. The molecule has 4 N–H and O–H groups in total. The second-order valence-electron chi connectivity index (χ2n) is 5.09. The summed E-state index contributed by atoms with van der Waals surface area (Å²) in [6, 6.07) is 11.4. The van der Waals surface area contributed by atoms with Crippen LogP contribution in [0.3, 0.4) is 0 Å². The van der Waals surface area contributed by atoms with Gasteiger partial charge in [0, 0.05) is 12.1 Å². The van der Waals surface area contributed by atoms with Gasteiger partial charge in [0.25, 0.3) is 0 Å². The molecule has 0 radical (unpaired) electrons. The third-order valence-electron chi connectivity index (χ3n) is 3.44. The summed E-state index contributed by atoms with van der Waals surface area (Å²) in [5.41, 5.74) is 14.0. The number of rotatable bonds is 3. The van der Waals surface area contributed by atoms with Gasteiger partial charge in [-0.1, -0.05) is 42.0 Å². The van der Waals surface area contributed by atoms with Crippen LogP contribution in [0.4, 0.5) is 13.2 Å². The molecule has 2 rings (SSSR count). The molecule has 0 fully saturated rings. The van der Waals surface area contributed by atoms with Gasteiger partial charge in [-0.25, -0.2) is 0 Å². The summed E-state index contributed by atoms with van der Waals surface area (Å²) in [6.07, 6.45) is -4.35. The number of benzene rings is 2. The number of hydrogen-bond donors (Lipinski definition) is 2. The van der Waals surface area contributed by atoms with Gasteiger partial charge in [-0.15, -0.1) is 0 Å². The molecule has 0 saturated heterocycles. The van der Waals surface area contributed by atoms with E-state index in [2.05, 4.69) is 0 Å². The molecule has 2 nitrogen and oxygen atoms in total. The summed E-state index contributed by atoms with van der Waals surface area (Å²) >= 11 is 0. The van der Waals surface area contributed by atoms with Crippen molar-refractivity contribution < 1.29 is 13.2 Å². The number of nitrogens with two attached hydrogens (primary N) is 2. The Labute approximate surface area is 121 Å².